The Kier molecular flexibility index (Phi) is 9.74. The monoisotopic (exact) mass is 490 g/mol. The number of unbranched alkanes of at least 4 members (excludes halogenated alkanes) is 1. The molecule has 35 heavy (non-hydrogen) atoms. The van der Waals surface area contributed by atoms with Crippen LogP contribution in [0.5, 0.6) is 0 Å². The number of halogens is 2. The lowest BCUT2D eigenvalue weighted by molar-refractivity contribution is -0.165. The number of hydrogen-bond acceptors (Lipinski definition) is 5. The maximum Gasteiger partial charge on any atom is 0.222 e. The summed E-state index contributed by atoms with van der Waals surface area (Å²) in [6.07, 6.45) is 1.73. The summed E-state index contributed by atoms with van der Waals surface area (Å²) in [5.41, 5.74) is 5.40. The zero-order chi connectivity index (χ0) is 25.4. The molecule has 3 N–H and O–H groups in total. The summed E-state index contributed by atoms with van der Waals surface area (Å²) in [6, 6.07) is 8.96. The number of ether oxygens (including phenoxy) is 2. The van der Waals surface area contributed by atoms with E-state index in [-0.39, 0.29) is 36.9 Å². The fraction of sp³-hybridized carbons (Fsp3) is 0.519. The third kappa shape index (κ3) is 6.44. The third-order valence-electron chi connectivity index (χ3n) is 6.63. The van der Waals surface area contributed by atoms with Crippen LogP contribution < -0.4 is 5.73 Å². The molecule has 0 radical (unpaired) electrons. The van der Waals surface area contributed by atoms with Crippen molar-refractivity contribution < 1.29 is 28.2 Å². The smallest absolute Gasteiger partial charge is 0.222 e. The molecule has 1 amide bonds. The minimum Gasteiger partial charge on any atom is -0.385 e. The number of benzene rings is 2. The number of morpholine rings is 1. The van der Waals surface area contributed by atoms with Crippen LogP contribution in [0.4, 0.5) is 8.78 Å². The molecule has 2 atom stereocenters. The van der Waals surface area contributed by atoms with E-state index >= 15 is 4.39 Å². The van der Waals surface area contributed by atoms with Gasteiger partial charge in [-0.1, -0.05) is 18.2 Å². The second-order valence-electron chi connectivity index (χ2n) is 9.09. The van der Waals surface area contributed by atoms with Gasteiger partial charge in [0.15, 0.2) is 0 Å². The number of aliphatic hydroxyl groups is 1. The summed E-state index contributed by atoms with van der Waals surface area (Å²) < 4.78 is 40.5. The number of carbonyl (C=O) groups excluding carboxylic acids is 1. The molecule has 2 aromatic rings. The Bertz CT molecular complexity index is 1000. The Morgan fingerprint density at radius 3 is 2.74 bits per heavy atom. The predicted octanol–water partition coefficient (Wildman–Crippen LogP) is 3.91. The molecule has 0 saturated carbocycles. The van der Waals surface area contributed by atoms with Gasteiger partial charge < -0.3 is 25.2 Å². The van der Waals surface area contributed by atoms with Crippen LogP contribution in [-0.2, 0) is 19.9 Å². The molecular formula is C27H36F2N2O4. The normalized spacial score (nSPS) is 17.9. The minimum absolute atomic E-state index is 0.0425. The zero-order valence-corrected chi connectivity index (χ0v) is 20.6. The fourth-order valence-corrected chi connectivity index (χ4v) is 4.66. The Hall–Kier alpha value is -2.39. The number of hydrogen-bond donors (Lipinski definition) is 2. The predicted molar refractivity (Wildman–Crippen MR) is 131 cm³/mol. The van der Waals surface area contributed by atoms with Gasteiger partial charge in [0, 0.05) is 32.2 Å². The van der Waals surface area contributed by atoms with Crippen molar-refractivity contribution >= 4 is 5.91 Å². The van der Waals surface area contributed by atoms with Crippen molar-refractivity contribution in [3.63, 3.8) is 0 Å². The number of amides is 1. The van der Waals surface area contributed by atoms with E-state index in [1.165, 1.54) is 18.2 Å². The van der Waals surface area contributed by atoms with Crippen molar-refractivity contribution in [1.29, 1.82) is 0 Å². The van der Waals surface area contributed by atoms with E-state index < -0.39 is 17.5 Å². The minimum atomic E-state index is -1.58. The maximum atomic E-state index is 15.3. The topological polar surface area (TPSA) is 85.0 Å². The van der Waals surface area contributed by atoms with Gasteiger partial charge in [-0.05, 0) is 74.0 Å². The van der Waals surface area contributed by atoms with Gasteiger partial charge in [-0.2, -0.15) is 0 Å². The molecule has 1 fully saturated rings. The van der Waals surface area contributed by atoms with Crippen LogP contribution >= 0.6 is 0 Å². The van der Waals surface area contributed by atoms with Crippen molar-refractivity contribution in [1.82, 2.24) is 4.90 Å². The molecular weight excluding hydrogens is 454 g/mol. The number of aryl methyl sites for hydroxylation is 1. The van der Waals surface area contributed by atoms with E-state index in [1.54, 1.807) is 37.1 Å². The van der Waals surface area contributed by atoms with Crippen molar-refractivity contribution in [3.8, 4) is 11.1 Å². The Morgan fingerprint density at radius 1 is 1.23 bits per heavy atom. The molecule has 2 aromatic carbocycles. The highest BCUT2D eigenvalue weighted by Gasteiger charge is 2.44. The summed E-state index contributed by atoms with van der Waals surface area (Å²) >= 11 is 0. The molecule has 0 aromatic heterocycles. The average molecular weight is 491 g/mol. The number of nitrogens with two attached hydrogens (primary N) is 1. The molecule has 0 aliphatic carbocycles. The van der Waals surface area contributed by atoms with Crippen LogP contribution in [0.2, 0.25) is 0 Å². The van der Waals surface area contributed by atoms with E-state index in [0.717, 1.165) is 0 Å². The SMILES string of the molecule is COCCCCC(O)(c1cccc(F)c1-c1ccc(F)c(C)c1)C1CN(C(=O)CCCN)CCO1. The number of rotatable bonds is 11. The first-order chi connectivity index (χ1) is 16.8. The Labute approximate surface area is 206 Å². The first kappa shape index (κ1) is 27.2. The average Bonchev–Trinajstić information content (AvgIpc) is 2.86. The third-order valence-corrected chi connectivity index (χ3v) is 6.63. The van der Waals surface area contributed by atoms with E-state index in [2.05, 4.69) is 0 Å². The molecule has 8 heteroatoms. The first-order valence-electron chi connectivity index (χ1n) is 12.2. The van der Waals surface area contributed by atoms with Crippen molar-refractivity contribution in [2.75, 3.05) is 40.0 Å². The van der Waals surface area contributed by atoms with Gasteiger partial charge in [0.1, 0.15) is 23.3 Å². The number of nitrogens with zero attached hydrogens (tertiary/aromatic N) is 1. The molecule has 1 heterocycles. The fourth-order valence-electron chi connectivity index (χ4n) is 4.66. The van der Waals surface area contributed by atoms with Crippen molar-refractivity contribution in [3.05, 3.63) is 59.2 Å². The van der Waals surface area contributed by atoms with E-state index in [4.69, 9.17) is 15.2 Å². The summed E-state index contributed by atoms with van der Waals surface area (Å²) in [5, 5.41) is 12.2. The first-order valence-corrected chi connectivity index (χ1v) is 12.2. The maximum absolute atomic E-state index is 15.3. The molecule has 1 aliphatic rings. The molecule has 1 saturated heterocycles. The lowest BCUT2D eigenvalue weighted by Crippen LogP contribution is -2.54. The highest BCUT2D eigenvalue weighted by atomic mass is 19.1. The summed E-state index contributed by atoms with van der Waals surface area (Å²) in [7, 11) is 1.61. The van der Waals surface area contributed by atoms with E-state index in [1.807, 2.05) is 0 Å². The largest absolute Gasteiger partial charge is 0.385 e. The highest BCUT2D eigenvalue weighted by molar-refractivity contribution is 5.76. The van der Waals surface area contributed by atoms with Crippen LogP contribution in [0.3, 0.4) is 0 Å². The summed E-state index contributed by atoms with van der Waals surface area (Å²) in [4.78, 5) is 14.4. The number of carbonyl (C=O) groups is 1. The Balaban J connectivity index is 2.03. The molecule has 6 nitrogen and oxygen atoms in total. The second kappa shape index (κ2) is 12.5. The highest BCUT2D eigenvalue weighted by Crippen LogP contribution is 2.41. The van der Waals surface area contributed by atoms with Gasteiger partial charge in [-0.25, -0.2) is 8.78 Å². The van der Waals surface area contributed by atoms with Gasteiger partial charge in [0.05, 0.1) is 13.2 Å². The van der Waals surface area contributed by atoms with Gasteiger partial charge in [-0.3, -0.25) is 4.79 Å². The Morgan fingerprint density at radius 2 is 2.03 bits per heavy atom. The van der Waals surface area contributed by atoms with Crippen LogP contribution in [0.1, 0.15) is 43.2 Å². The van der Waals surface area contributed by atoms with Crippen molar-refractivity contribution in [2.45, 2.75) is 50.7 Å². The van der Waals surface area contributed by atoms with Crippen LogP contribution in [0.15, 0.2) is 36.4 Å². The molecule has 1 aliphatic heterocycles. The van der Waals surface area contributed by atoms with E-state index in [0.29, 0.717) is 62.1 Å². The number of methoxy groups -OCH3 is 1. The van der Waals surface area contributed by atoms with Gasteiger partial charge in [0.25, 0.3) is 0 Å². The zero-order valence-electron chi connectivity index (χ0n) is 20.6. The second-order valence-corrected chi connectivity index (χ2v) is 9.09. The molecule has 2 unspecified atom stereocenters. The van der Waals surface area contributed by atoms with Crippen LogP contribution in [0, 0.1) is 18.6 Å². The van der Waals surface area contributed by atoms with Crippen LogP contribution in [0.25, 0.3) is 11.1 Å². The summed E-state index contributed by atoms with van der Waals surface area (Å²) in [6.45, 7) is 3.44. The van der Waals surface area contributed by atoms with Crippen molar-refractivity contribution in [2.24, 2.45) is 5.73 Å². The quantitative estimate of drug-likeness (QED) is 0.467. The van der Waals surface area contributed by atoms with Gasteiger partial charge in [0.2, 0.25) is 5.91 Å². The lowest BCUT2D eigenvalue weighted by atomic mass is 9.78. The summed E-state index contributed by atoms with van der Waals surface area (Å²) in [5.74, 6) is -0.946. The molecule has 192 valence electrons. The molecule has 3 rings (SSSR count). The van der Waals surface area contributed by atoms with Gasteiger partial charge in [-0.15, -0.1) is 0 Å². The lowest BCUT2D eigenvalue weighted by Gasteiger charge is -2.43. The van der Waals surface area contributed by atoms with Crippen LogP contribution in [-0.4, -0.2) is 62.0 Å². The molecule has 0 bridgehead atoms. The van der Waals surface area contributed by atoms with E-state index in [9.17, 15) is 14.3 Å². The standard InChI is InChI=1S/C27H36F2N2O4/c1-19-17-20(10-11-22(19)28)26-21(7-5-8-23(26)29)27(33,12-3-4-15-34-2)24-18-31(14-16-35-24)25(32)9-6-13-30/h5,7-8,10-11,17,24,33H,3-4,6,9,12-16,18,30H2,1-2H3. The molecule has 0 spiro atoms. The van der Waals surface area contributed by atoms with Gasteiger partial charge >= 0.3 is 0 Å².